The van der Waals surface area contributed by atoms with Crippen LogP contribution in [0.3, 0.4) is 0 Å². The maximum absolute atomic E-state index is 13.4. The number of amides is 3. The van der Waals surface area contributed by atoms with E-state index in [0.29, 0.717) is 17.3 Å². The molecule has 1 aliphatic heterocycles. The number of para-hydroxylation sites is 1. The lowest BCUT2D eigenvalue weighted by Gasteiger charge is -2.30. The van der Waals surface area contributed by atoms with Gasteiger partial charge in [0.25, 0.3) is 0 Å². The molecule has 2 aliphatic rings. The number of alkyl halides is 6. The normalized spacial score (nSPS) is 18.9. The summed E-state index contributed by atoms with van der Waals surface area (Å²) >= 11 is 6.38. The number of nitrogens with two attached hydrogens (primary N) is 1. The zero-order valence-corrected chi connectivity index (χ0v) is 23.0. The van der Waals surface area contributed by atoms with Crippen LogP contribution in [0, 0.1) is 11.8 Å². The van der Waals surface area contributed by atoms with Gasteiger partial charge in [0.15, 0.2) is 0 Å². The third kappa shape index (κ3) is 8.08. The molecule has 42 heavy (non-hydrogen) atoms. The average Bonchev–Trinajstić information content (AvgIpc) is 3.74. The molecule has 3 amide bonds. The molecule has 1 heterocycles. The van der Waals surface area contributed by atoms with Crippen molar-refractivity contribution < 1.29 is 40.7 Å². The molecule has 4 N–H and O–H groups in total. The minimum atomic E-state index is -4.76. The Morgan fingerprint density at radius 1 is 1.00 bits per heavy atom. The molecule has 0 radical (unpaired) electrons. The van der Waals surface area contributed by atoms with Crippen molar-refractivity contribution in [1.29, 1.82) is 0 Å². The van der Waals surface area contributed by atoms with Crippen LogP contribution < -0.4 is 21.3 Å². The Hall–Kier alpha value is -3.48. The molecule has 0 spiro atoms. The fourth-order valence-corrected chi connectivity index (χ4v) is 5.35. The van der Waals surface area contributed by atoms with Crippen molar-refractivity contribution in [3.05, 3.63) is 53.1 Å². The van der Waals surface area contributed by atoms with Crippen LogP contribution in [0.2, 0.25) is 5.02 Å². The fourth-order valence-electron chi connectivity index (χ4n) is 5.13. The highest BCUT2D eigenvalue weighted by molar-refractivity contribution is 6.34. The minimum absolute atomic E-state index is 0.186. The summed E-state index contributed by atoms with van der Waals surface area (Å²) in [6, 6.07) is 11.1. The van der Waals surface area contributed by atoms with Crippen LogP contribution in [0.15, 0.2) is 42.5 Å². The van der Waals surface area contributed by atoms with Gasteiger partial charge in [0.1, 0.15) is 6.04 Å². The Kier molecular flexibility index (Phi) is 9.29. The van der Waals surface area contributed by atoms with Gasteiger partial charge < -0.3 is 21.3 Å². The van der Waals surface area contributed by atoms with Crippen LogP contribution in [-0.2, 0) is 14.4 Å². The maximum atomic E-state index is 13.4. The SMILES string of the molecule is NC(=O)[C@@H](CCC(F)(F)F)[C@@H](CCC(F)(F)F)C(=O)N[C@H]1CN(c2cccc(C3CC3)c2)c2cccc(Cl)c2NC1=O. The van der Waals surface area contributed by atoms with E-state index in [1.807, 2.05) is 18.2 Å². The fraction of sp³-hybridized carbons (Fsp3) is 0.464. The molecule has 2 aromatic rings. The second-order valence-corrected chi connectivity index (χ2v) is 11.0. The predicted octanol–water partition coefficient (Wildman–Crippen LogP) is 6.20. The first-order valence-corrected chi connectivity index (χ1v) is 13.7. The second-order valence-electron chi connectivity index (χ2n) is 10.6. The number of hydrogen-bond acceptors (Lipinski definition) is 4. The van der Waals surface area contributed by atoms with Crippen molar-refractivity contribution in [3.8, 4) is 0 Å². The van der Waals surface area contributed by atoms with Crippen LogP contribution in [0.1, 0.15) is 50.0 Å². The summed E-state index contributed by atoms with van der Waals surface area (Å²) in [5, 5.41) is 5.22. The third-order valence-electron chi connectivity index (χ3n) is 7.42. The predicted molar refractivity (Wildman–Crippen MR) is 144 cm³/mol. The Morgan fingerprint density at radius 2 is 1.62 bits per heavy atom. The molecule has 0 aromatic heterocycles. The molecular formula is C28H29ClF6N4O3. The van der Waals surface area contributed by atoms with E-state index in [-0.39, 0.29) is 17.3 Å². The van der Waals surface area contributed by atoms with Gasteiger partial charge >= 0.3 is 12.4 Å². The number of anilines is 3. The van der Waals surface area contributed by atoms with Gasteiger partial charge in [-0.3, -0.25) is 14.4 Å². The molecule has 2 aromatic carbocycles. The van der Waals surface area contributed by atoms with Gasteiger partial charge in [0, 0.05) is 30.4 Å². The van der Waals surface area contributed by atoms with Gasteiger partial charge in [0.05, 0.1) is 22.9 Å². The largest absolute Gasteiger partial charge is 0.389 e. The highest BCUT2D eigenvalue weighted by Gasteiger charge is 2.41. The Morgan fingerprint density at radius 3 is 2.21 bits per heavy atom. The first-order valence-electron chi connectivity index (χ1n) is 13.3. The lowest BCUT2D eigenvalue weighted by molar-refractivity contribution is -0.152. The summed E-state index contributed by atoms with van der Waals surface area (Å²) < 4.78 is 78.1. The van der Waals surface area contributed by atoms with E-state index in [1.165, 1.54) is 0 Å². The molecule has 3 atom stereocenters. The van der Waals surface area contributed by atoms with Crippen LogP contribution in [0.4, 0.5) is 43.4 Å². The Balaban J connectivity index is 1.65. The van der Waals surface area contributed by atoms with Crippen LogP contribution >= 0.6 is 11.6 Å². The second kappa shape index (κ2) is 12.4. The lowest BCUT2D eigenvalue weighted by atomic mass is 9.83. The number of primary amides is 1. The van der Waals surface area contributed by atoms with Crippen molar-refractivity contribution in [2.75, 3.05) is 16.8 Å². The number of halogens is 7. The van der Waals surface area contributed by atoms with Gasteiger partial charge in [-0.15, -0.1) is 0 Å². The topological polar surface area (TPSA) is 105 Å². The number of hydrogen-bond donors (Lipinski definition) is 3. The number of carbonyl (C=O) groups excluding carboxylic acids is 3. The molecule has 228 valence electrons. The molecule has 14 heteroatoms. The van der Waals surface area contributed by atoms with E-state index in [0.717, 1.165) is 18.4 Å². The molecule has 7 nitrogen and oxygen atoms in total. The first-order chi connectivity index (χ1) is 19.6. The van der Waals surface area contributed by atoms with Gasteiger partial charge in [-0.25, -0.2) is 0 Å². The Bertz CT molecular complexity index is 1330. The molecule has 1 saturated carbocycles. The zero-order chi connectivity index (χ0) is 30.8. The van der Waals surface area contributed by atoms with Gasteiger partial charge in [-0.05, 0) is 61.4 Å². The van der Waals surface area contributed by atoms with Crippen LogP contribution in [0.25, 0.3) is 0 Å². The van der Waals surface area contributed by atoms with Crippen LogP contribution in [-0.4, -0.2) is 42.7 Å². The van der Waals surface area contributed by atoms with Crippen molar-refractivity contribution >= 4 is 46.4 Å². The van der Waals surface area contributed by atoms with Crippen molar-refractivity contribution in [1.82, 2.24) is 5.32 Å². The number of carbonyl (C=O) groups is 3. The molecule has 4 rings (SSSR count). The summed E-state index contributed by atoms with van der Waals surface area (Å²) in [5.41, 5.74) is 7.74. The number of nitrogens with zero attached hydrogens (tertiary/aromatic N) is 1. The molecule has 0 saturated heterocycles. The summed E-state index contributed by atoms with van der Waals surface area (Å²) in [6.45, 7) is -0.186. The van der Waals surface area contributed by atoms with Crippen molar-refractivity contribution in [3.63, 3.8) is 0 Å². The van der Waals surface area contributed by atoms with E-state index in [4.69, 9.17) is 17.3 Å². The van der Waals surface area contributed by atoms with E-state index in [2.05, 4.69) is 10.6 Å². The Labute approximate surface area is 242 Å². The zero-order valence-electron chi connectivity index (χ0n) is 22.2. The lowest BCUT2D eigenvalue weighted by Crippen LogP contribution is -2.52. The summed E-state index contributed by atoms with van der Waals surface area (Å²) in [4.78, 5) is 40.5. The molecular weight excluding hydrogens is 590 g/mol. The van der Waals surface area contributed by atoms with E-state index >= 15 is 0 Å². The van der Waals surface area contributed by atoms with E-state index in [9.17, 15) is 40.7 Å². The quantitative estimate of drug-likeness (QED) is 0.276. The van der Waals surface area contributed by atoms with Gasteiger partial charge in [-0.2, -0.15) is 26.3 Å². The highest BCUT2D eigenvalue weighted by Crippen LogP contribution is 2.43. The number of benzene rings is 2. The summed E-state index contributed by atoms with van der Waals surface area (Å²) in [6.07, 6.45) is -12.5. The average molecular weight is 619 g/mol. The molecule has 1 fully saturated rings. The number of fused-ring (bicyclic) bond motifs is 1. The first kappa shape index (κ1) is 31.5. The minimum Gasteiger partial charge on any atom is -0.369 e. The van der Waals surface area contributed by atoms with Crippen LogP contribution in [0.5, 0.6) is 0 Å². The number of rotatable bonds is 10. The molecule has 0 bridgehead atoms. The number of nitrogens with one attached hydrogen (secondary N) is 2. The smallest absolute Gasteiger partial charge is 0.369 e. The molecule has 1 aliphatic carbocycles. The van der Waals surface area contributed by atoms with E-state index in [1.54, 1.807) is 29.2 Å². The third-order valence-corrected chi connectivity index (χ3v) is 7.74. The monoisotopic (exact) mass is 618 g/mol. The van der Waals surface area contributed by atoms with Crippen molar-refractivity contribution in [2.45, 2.75) is 62.8 Å². The summed E-state index contributed by atoms with van der Waals surface area (Å²) in [5.74, 6) is -6.60. The van der Waals surface area contributed by atoms with E-state index < -0.39 is 73.6 Å². The molecule has 0 unspecified atom stereocenters. The summed E-state index contributed by atoms with van der Waals surface area (Å²) in [7, 11) is 0. The van der Waals surface area contributed by atoms with Gasteiger partial charge in [0.2, 0.25) is 17.7 Å². The maximum Gasteiger partial charge on any atom is 0.389 e. The highest BCUT2D eigenvalue weighted by atomic mass is 35.5. The van der Waals surface area contributed by atoms with Crippen molar-refractivity contribution in [2.24, 2.45) is 17.6 Å². The van der Waals surface area contributed by atoms with Gasteiger partial charge in [-0.1, -0.05) is 29.8 Å². The standard InChI is InChI=1S/C28H29ClF6N4O3/c29-20-5-2-6-22-23(20)38-26(42)21(14-39(22)17-4-1-3-16(13-17)15-7-8-15)37-25(41)19(10-12-28(33,34)35)18(24(36)40)9-11-27(30,31)32/h1-6,13,15,18-19,21H,7-12,14H2,(H2,36,40)(H,37,41)(H,38,42)/t18-,19+,21-/m0/s1.